The number of rotatable bonds is 4. The first kappa shape index (κ1) is 16.6. The van der Waals surface area contributed by atoms with Crippen LogP contribution in [0.1, 0.15) is 61.3 Å². The van der Waals surface area contributed by atoms with Crippen LogP contribution in [0, 0.1) is 5.92 Å². The van der Waals surface area contributed by atoms with Crippen molar-refractivity contribution in [2.75, 3.05) is 0 Å². The van der Waals surface area contributed by atoms with Gasteiger partial charge in [-0.2, -0.15) is 5.06 Å². The second-order valence-corrected chi connectivity index (χ2v) is 6.74. The molecule has 0 aromatic rings. The van der Waals surface area contributed by atoms with Crippen LogP contribution >= 0.6 is 0 Å². The smallest absolute Gasteiger partial charge is 0.160 e. The molecular weight excluding hydrogens is 242 g/mol. The van der Waals surface area contributed by atoms with E-state index in [1.165, 1.54) is 0 Å². The molecule has 0 aromatic heterocycles. The predicted molar refractivity (Wildman–Crippen MR) is 75.6 cm³/mol. The van der Waals surface area contributed by atoms with Crippen molar-refractivity contribution in [2.45, 2.75) is 84.6 Å². The zero-order chi connectivity index (χ0) is 15.0. The summed E-state index contributed by atoms with van der Waals surface area (Å²) >= 11 is 0. The highest BCUT2D eigenvalue weighted by molar-refractivity contribution is 5.79. The molecule has 0 saturated carbocycles. The number of piperidine rings is 1. The fourth-order valence-corrected chi connectivity index (χ4v) is 3.02. The maximum absolute atomic E-state index is 11.5. The summed E-state index contributed by atoms with van der Waals surface area (Å²) in [6.07, 6.45) is 0.716. The molecule has 1 rings (SSSR count). The first-order valence-corrected chi connectivity index (χ1v) is 7.22. The summed E-state index contributed by atoms with van der Waals surface area (Å²) in [5, 5.41) is 12.3. The van der Waals surface area contributed by atoms with Crippen LogP contribution in [0.2, 0.25) is 0 Å². The molecule has 1 aliphatic rings. The number of hydrogen-bond acceptors (Lipinski definition) is 4. The Morgan fingerprint density at radius 3 is 2.42 bits per heavy atom. The van der Waals surface area contributed by atoms with Crippen LogP contribution in [0.5, 0.6) is 0 Å². The molecular formula is C15H29NO3. The Balaban J connectivity index is 3.09. The number of nitrogens with zero attached hydrogens (tertiary/aromatic N) is 1. The Hall–Kier alpha value is -0.450. The van der Waals surface area contributed by atoms with Gasteiger partial charge in [0.15, 0.2) is 5.78 Å². The van der Waals surface area contributed by atoms with Gasteiger partial charge in [0, 0.05) is 17.0 Å². The lowest BCUT2D eigenvalue weighted by molar-refractivity contribution is -0.323. The van der Waals surface area contributed by atoms with E-state index in [0.717, 1.165) is 6.42 Å². The Labute approximate surface area is 117 Å². The third-order valence-electron chi connectivity index (χ3n) is 4.83. The number of ketones is 1. The first-order valence-electron chi connectivity index (χ1n) is 7.22. The molecule has 19 heavy (non-hydrogen) atoms. The Kier molecular flexibility index (Phi) is 4.81. The van der Waals surface area contributed by atoms with Crippen molar-refractivity contribution >= 4 is 5.78 Å². The van der Waals surface area contributed by atoms with E-state index < -0.39 is 6.10 Å². The molecule has 0 radical (unpaired) electrons. The van der Waals surface area contributed by atoms with Crippen molar-refractivity contribution in [2.24, 2.45) is 5.92 Å². The second-order valence-electron chi connectivity index (χ2n) is 6.74. The zero-order valence-corrected chi connectivity index (χ0v) is 13.4. The van der Waals surface area contributed by atoms with Crippen molar-refractivity contribution in [1.82, 2.24) is 5.06 Å². The topological polar surface area (TPSA) is 49.8 Å². The van der Waals surface area contributed by atoms with Crippen molar-refractivity contribution < 1.29 is 14.7 Å². The Morgan fingerprint density at radius 2 is 2.00 bits per heavy atom. The largest absolute Gasteiger partial charge is 0.393 e. The molecule has 0 spiro atoms. The van der Waals surface area contributed by atoms with Gasteiger partial charge in [-0.25, -0.2) is 0 Å². The van der Waals surface area contributed by atoms with Crippen LogP contribution in [0.15, 0.2) is 0 Å². The molecule has 1 saturated heterocycles. The number of Topliss-reactive ketones (excluding diaryl/α,β-unsaturated/α-hetero) is 1. The summed E-state index contributed by atoms with van der Waals surface area (Å²) in [6.45, 7) is 13.7. The van der Waals surface area contributed by atoms with E-state index >= 15 is 0 Å². The Bertz CT molecular complexity index is 342. The lowest BCUT2D eigenvalue weighted by Crippen LogP contribution is -2.67. The maximum Gasteiger partial charge on any atom is 0.160 e. The molecule has 112 valence electrons. The highest BCUT2D eigenvalue weighted by Crippen LogP contribution is 2.44. The van der Waals surface area contributed by atoms with Gasteiger partial charge in [0.1, 0.15) is 6.10 Å². The summed E-state index contributed by atoms with van der Waals surface area (Å²) in [4.78, 5) is 17.4. The van der Waals surface area contributed by atoms with E-state index in [1.54, 1.807) is 13.8 Å². The molecule has 0 bridgehead atoms. The Morgan fingerprint density at radius 1 is 1.47 bits per heavy atom. The molecule has 4 nitrogen and oxygen atoms in total. The monoisotopic (exact) mass is 271 g/mol. The molecule has 1 fully saturated rings. The van der Waals surface area contributed by atoms with E-state index in [-0.39, 0.29) is 28.9 Å². The highest BCUT2D eigenvalue weighted by atomic mass is 16.7. The molecule has 0 aromatic carbocycles. The van der Waals surface area contributed by atoms with Crippen molar-refractivity contribution in [1.29, 1.82) is 0 Å². The number of hydroxylamine groups is 2. The fourth-order valence-electron chi connectivity index (χ4n) is 3.02. The van der Waals surface area contributed by atoms with Crippen molar-refractivity contribution in [3.05, 3.63) is 0 Å². The lowest BCUT2D eigenvalue weighted by atomic mass is 9.71. The van der Waals surface area contributed by atoms with Gasteiger partial charge >= 0.3 is 0 Å². The van der Waals surface area contributed by atoms with Crippen LogP contribution in [0.3, 0.4) is 0 Å². The van der Waals surface area contributed by atoms with Crippen LogP contribution < -0.4 is 0 Å². The molecule has 1 N–H and O–H groups in total. The average Bonchev–Trinajstić information content (AvgIpc) is 2.31. The minimum atomic E-state index is -0.451. The van der Waals surface area contributed by atoms with E-state index in [2.05, 4.69) is 34.6 Å². The van der Waals surface area contributed by atoms with Gasteiger partial charge < -0.3 is 5.11 Å². The van der Waals surface area contributed by atoms with Crippen LogP contribution in [0.25, 0.3) is 0 Å². The minimum Gasteiger partial charge on any atom is -0.393 e. The number of hydrogen-bond donors (Lipinski definition) is 1. The van der Waals surface area contributed by atoms with E-state index in [4.69, 9.17) is 4.84 Å². The summed E-state index contributed by atoms with van der Waals surface area (Å²) in [5.74, 6) is 0.123. The average molecular weight is 271 g/mol. The van der Waals surface area contributed by atoms with Crippen molar-refractivity contribution in [3.8, 4) is 0 Å². The van der Waals surface area contributed by atoms with Gasteiger partial charge in [-0.1, -0.05) is 13.8 Å². The molecule has 0 amide bonds. The van der Waals surface area contributed by atoms with Crippen LogP contribution in [0.4, 0.5) is 0 Å². The van der Waals surface area contributed by atoms with Gasteiger partial charge in [0.05, 0.1) is 6.10 Å². The second kappa shape index (κ2) is 5.51. The third-order valence-corrected chi connectivity index (χ3v) is 4.83. The fraction of sp³-hybridized carbons (Fsp3) is 0.933. The molecule has 4 unspecified atom stereocenters. The van der Waals surface area contributed by atoms with Gasteiger partial charge in [0.25, 0.3) is 0 Å². The van der Waals surface area contributed by atoms with E-state index in [0.29, 0.717) is 6.42 Å². The molecule has 4 atom stereocenters. The van der Waals surface area contributed by atoms with Gasteiger partial charge in [-0.15, -0.1) is 0 Å². The number of aliphatic hydroxyl groups excluding tert-OH is 1. The molecule has 4 heteroatoms. The molecule has 1 heterocycles. The van der Waals surface area contributed by atoms with Gasteiger partial charge in [0.2, 0.25) is 0 Å². The SMILES string of the molecule is CCC1(C)C(C)C(O)CC(C)(C)N1OC(C)C(C)=O. The van der Waals surface area contributed by atoms with Crippen molar-refractivity contribution in [3.63, 3.8) is 0 Å². The molecule has 1 aliphatic heterocycles. The normalized spacial score (nSPS) is 37.1. The summed E-state index contributed by atoms with van der Waals surface area (Å²) in [7, 11) is 0. The van der Waals surface area contributed by atoms with E-state index in [1.807, 2.05) is 5.06 Å². The quantitative estimate of drug-likeness (QED) is 0.853. The van der Waals surface area contributed by atoms with Crippen LogP contribution in [-0.4, -0.2) is 39.2 Å². The zero-order valence-electron chi connectivity index (χ0n) is 13.4. The minimum absolute atomic E-state index is 0.0213. The standard InChI is InChI=1S/C15H29NO3/c1-8-15(7)10(2)13(18)9-14(5,6)16(15)19-12(4)11(3)17/h10,12-13,18H,8-9H2,1-7H3. The highest BCUT2D eigenvalue weighted by Gasteiger charge is 2.52. The summed E-state index contributed by atoms with van der Waals surface area (Å²) < 4.78 is 0. The summed E-state index contributed by atoms with van der Waals surface area (Å²) in [5.41, 5.74) is -0.564. The predicted octanol–water partition coefficient (Wildman–Crippen LogP) is 2.55. The number of aliphatic hydroxyl groups is 1. The number of carbonyl (C=O) groups excluding carboxylic acids is 1. The lowest BCUT2D eigenvalue weighted by Gasteiger charge is -2.57. The summed E-state index contributed by atoms with van der Waals surface area (Å²) in [6, 6.07) is 0. The van der Waals surface area contributed by atoms with Crippen LogP contribution in [-0.2, 0) is 9.63 Å². The molecule has 0 aliphatic carbocycles. The van der Waals surface area contributed by atoms with Gasteiger partial charge in [-0.05, 0) is 47.5 Å². The van der Waals surface area contributed by atoms with E-state index in [9.17, 15) is 9.90 Å². The number of carbonyl (C=O) groups is 1. The maximum atomic E-state index is 11.5. The third kappa shape index (κ3) is 3.01. The van der Waals surface area contributed by atoms with Gasteiger partial charge in [-0.3, -0.25) is 9.63 Å². The first-order chi connectivity index (χ1) is 8.56.